The second-order valence-electron chi connectivity index (χ2n) is 3.09. The molecule has 0 atom stereocenters. The summed E-state index contributed by atoms with van der Waals surface area (Å²) in [6.45, 7) is 1.94. The van der Waals surface area contributed by atoms with Crippen LogP contribution in [0, 0.1) is 6.92 Å². The summed E-state index contributed by atoms with van der Waals surface area (Å²) in [5.74, 6) is 0.750. The van der Waals surface area contributed by atoms with Gasteiger partial charge in [-0.2, -0.15) is 5.10 Å². The zero-order valence-corrected chi connectivity index (χ0v) is 10.0. The Kier molecular flexibility index (Phi) is 2.98. The second kappa shape index (κ2) is 4.24. The molecular weight excluding hydrogens is 230 g/mol. The molecule has 0 aliphatic rings. The van der Waals surface area contributed by atoms with Crippen molar-refractivity contribution in [3.05, 3.63) is 35.2 Å². The minimum Gasteiger partial charge on any atom is -0.222 e. The maximum absolute atomic E-state index is 5.92. The number of hydrogen-bond acceptors (Lipinski definition) is 3. The van der Waals surface area contributed by atoms with Crippen LogP contribution in [-0.4, -0.2) is 21.0 Å². The number of halogens is 1. The quantitative estimate of drug-likeness (QED) is 0.596. The third-order valence-corrected chi connectivity index (χ3v) is 2.85. The zero-order chi connectivity index (χ0) is 10.8. The van der Waals surface area contributed by atoms with Crippen molar-refractivity contribution in [3.8, 4) is 5.82 Å². The van der Waals surface area contributed by atoms with E-state index in [1.165, 1.54) is 0 Å². The molecule has 2 rings (SSSR count). The Bertz CT molecular complexity index is 481. The van der Waals surface area contributed by atoms with Crippen molar-refractivity contribution in [3.63, 3.8) is 0 Å². The third-order valence-electron chi connectivity index (χ3n) is 1.95. The Balaban J connectivity index is 2.48. The molecule has 0 spiro atoms. The molecule has 3 nitrogen and oxygen atoms in total. The molecule has 0 amide bonds. The van der Waals surface area contributed by atoms with Gasteiger partial charge in [0.05, 0.1) is 5.69 Å². The first-order valence-electron chi connectivity index (χ1n) is 4.43. The molecule has 0 bridgehead atoms. The van der Waals surface area contributed by atoms with E-state index in [0.29, 0.717) is 5.15 Å². The van der Waals surface area contributed by atoms with E-state index in [0.717, 1.165) is 16.4 Å². The molecule has 5 heteroatoms. The summed E-state index contributed by atoms with van der Waals surface area (Å²) in [5.41, 5.74) is 0.961. The molecule has 0 aromatic carbocycles. The van der Waals surface area contributed by atoms with Crippen LogP contribution in [0.3, 0.4) is 0 Å². The van der Waals surface area contributed by atoms with Gasteiger partial charge in [0.15, 0.2) is 5.82 Å². The lowest BCUT2D eigenvalue weighted by Gasteiger charge is -2.03. The number of rotatable bonds is 2. The van der Waals surface area contributed by atoms with Crippen molar-refractivity contribution >= 4 is 23.4 Å². The lowest BCUT2D eigenvalue weighted by Crippen LogP contribution is -1.98. The molecule has 2 aromatic rings. The topological polar surface area (TPSA) is 30.7 Å². The minimum atomic E-state index is 0.491. The second-order valence-corrected chi connectivity index (χ2v) is 4.36. The Morgan fingerprint density at radius 3 is 2.80 bits per heavy atom. The molecule has 0 fully saturated rings. The van der Waals surface area contributed by atoms with Crippen LogP contribution in [0.25, 0.3) is 5.82 Å². The van der Waals surface area contributed by atoms with Crippen LogP contribution >= 0.6 is 23.4 Å². The molecule has 0 radical (unpaired) electrons. The zero-order valence-electron chi connectivity index (χ0n) is 8.44. The van der Waals surface area contributed by atoms with E-state index < -0.39 is 0 Å². The number of nitrogens with zero attached hydrogens (tertiary/aromatic N) is 3. The van der Waals surface area contributed by atoms with Crippen molar-refractivity contribution in [2.24, 2.45) is 0 Å². The first kappa shape index (κ1) is 10.5. The molecule has 0 N–H and O–H groups in total. The van der Waals surface area contributed by atoms with E-state index in [2.05, 4.69) is 10.1 Å². The van der Waals surface area contributed by atoms with Gasteiger partial charge in [-0.15, -0.1) is 11.8 Å². The van der Waals surface area contributed by atoms with Crippen LogP contribution in [0.15, 0.2) is 29.3 Å². The summed E-state index contributed by atoms with van der Waals surface area (Å²) in [7, 11) is 0. The molecule has 0 aliphatic heterocycles. The minimum absolute atomic E-state index is 0.491. The van der Waals surface area contributed by atoms with Gasteiger partial charge in [-0.25, -0.2) is 9.67 Å². The molecule has 2 aromatic heterocycles. The van der Waals surface area contributed by atoms with E-state index in [1.807, 2.05) is 37.6 Å². The maximum atomic E-state index is 5.92. The molecule has 0 aliphatic carbocycles. The normalized spacial score (nSPS) is 10.6. The molecule has 0 unspecified atom stereocenters. The number of thioether (sulfide) groups is 1. The molecule has 78 valence electrons. The summed E-state index contributed by atoms with van der Waals surface area (Å²) in [6, 6.07) is 5.73. The van der Waals surface area contributed by atoms with Crippen LogP contribution in [0.4, 0.5) is 0 Å². The van der Waals surface area contributed by atoms with Gasteiger partial charge in [0.1, 0.15) is 5.15 Å². The van der Waals surface area contributed by atoms with Gasteiger partial charge in [0.25, 0.3) is 0 Å². The Morgan fingerprint density at radius 2 is 2.20 bits per heavy atom. The SMILES string of the molecule is CSc1cc(Cl)nc(-n2ccc(C)n2)c1. The van der Waals surface area contributed by atoms with Crippen LogP contribution < -0.4 is 0 Å². The highest BCUT2D eigenvalue weighted by atomic mass is 35.5. The number of aromatic nitrogens is 3. The smallest absolute Gasteiger partial charge is 0.156 e. The summed E-state index contributed by atoms with van der Waals surface area (Å²) >= 11 is 7.55. The molecule has 0 saturated carbocycles. The highest BCUT2D eigenvalue weighted by Crippen LogP contribution is 2.21. The molecular formula is C10H10ClN3S. The van der Waals surface area contributed by atoms with Crippen molar-refractivity contribution in [1.82, 2.24) is 14.8 Å². The largest absolute Gasteiger partial charge is 0.222 e. The summed E-state index contributed by atoms with van der Waals surface area (Å²) in [4.78, 5) is 5.30. The summed E-state index contributed by atoms with van der Waals surface area (Å²) in [6.07, 6.45) is 3.88. The monoisotopic (exact) mass is 239 g/mol. The fourth-order valence-corrected chi connectivity index (χ4v) is 1.96. The van der Waals surface area contributed by atoms with Crippen molar-refractivity contribution in [2.45, 2.75) is 11.8 Å². The van der Waals surface area contributed by atoms with Crippen LogP contribution in [0.1, 0.15) is 5.69 Å². The van der Waals surface area contributed by atoms with Gasteiger partial charge in [-0.05, 0) is 31.4 Å². The predicted octanol–water partition coefficient (Wildman–Crippen LogP) is 2.95. The maximum Gasteiger partial charge on any atom is 0.156 e. The van der Waals surface area contributed by atoms with Gasteiger partial charge in [0, 0.05) is 11.1 Å². The van der Waals surface area contributed by atoms with Crippen LogP contribution in [0.2, 0.25) is 5.15 Å². The van der Waals surface area contributed by atoms with E-state index in [4.69, 9.17) is 11.6 Å². The first-order chi connectivity index (χ1) is 7.19. The van der Waals surface area contributed by atoms with Gasteiger partial charge >= 0.3 is 0 Å². The van der Waals surface area contributed by atoms with Crippen LogP contribution in [0.5, 0.6) is 0 Å². The van der Waals surface area contributed by atoms with Crippen molar-refractivity contribution < 1.29 is 0 Å². The van der Waals surface area contributed by atoms with E-state index in [1.54, 1.807) is 16.4 Å². The predicted molar refractivity (Wildman–Crippen MR) is 62.9 cm³/mol. The molecule has 0 saturated heterocycles. The van der Waals surface area contributed by atoms with Crippen LogP contribution in [-0.2, 0) is 0 Å². The lowest BCUT2D eigenvalue weighted by atomic mass is 10.4. The highest BCUT2D eigenvalue weighted by molar-refractivity contribution is 7.98. The number of pyridine rings is 1. The molecule has 15 heavy (non-hydrogen) atoms. The Hall–Kier alpha value is -1.00. The highest BCUT2D eigenvalue weighted by Gasteiger charge is 2.03. The first-order valence-corrected chi connectivity index (χ1v) is 6.03. The average molecular weight is 240 g/mol. The van der Waals surface area contributed by atoms with Gasteiger partial charge < -0.3 is 0 Å². The summed E-state index contributed by atoms with van der Waals surface area (Å²) in [5, 5.41) is 4.77. The fourth-order valence-electron chi connectivity index (χ4n) is 1.24. The summed E-state index contributed by atoms with van der Waals surface area (Å²) < 4.78 is 1.72. The van der Waals surface area contributed by atoms with Crippen molar-refractivity contribution in [2.75, 3.05) is 6.26 Å². The third kappa shape index (κ3) is 2.33. The Morgan fingerprint density at radius 1 is 1.40 bits per heavy atom. The molecule has 2 heterocycles. The average Bonchev–Trinajstić information content (AvgIpc) is 2.64. The van der Waals surface area contributed by atoms with E-state index in [9.17, 15) is 0 Å². The van der Waals surface area contributed by atoms with Gasteiger partial charge in [0.2, 0.25) is 0 Å². The van der Waals surface area contributed by atoms with Crippen molar-refractivity contribution in [1.29, 1.82) is 0 Å². The van der Waals surface area contributed by atoms with Gasteiger partial charge in [-0.1, -0.05) is 11.6 Å². The fraction of sp³-hybridized carbons (Fsp3) is 0.200. The number of aryl methyl sites for hydroxylation is 1. The van der Waals surface area contributed by atoms with E-state index >= 15 is 0 Å². The van der Waals surface area contributed by atoms with Gasteiger partial charge in [-0.3, -0.25) is 0 Å². The number of hydrogen-bond donors (Lipinski definition) is 0. The Labute approximate surface area is 97.5 Å². The van der Waals surface area contributed by atoms with E-state index in [-0.39, 0.29) is 0 Å². The lowest BCUT2D eigenvalue weighted by molar-refractivity contribution is 0.828. The standard InChI is InChI=1S/C10H10ClN3S/c1-7-3-4-14(13-7)10-6-8(15-2)5-9(11)12-10/h3-6H,1-2H3.